The fourth-order valence-corrected chi connectivity index (χ4v) is 5.97. The van der Waals surface area contributed by atoms with Crippen molar-refractivity contribution in [2.45, 2.75) is 70.9 Å². The molecule has 1 aliphatic heterocycles. The Morgan fingerprint density at radius 2 is 1.97 bits per heavy atom. The van der Waals surface area contributed by atoms with Crippen LogP contribution in [0.1, 0.15) is 79.7 Å². The Bertz CT molecular complexity index is 1150. The van der Waals surface area contributed by atoms with Crippen LogP contribution in [0.2, 0.25) is 0 Å². The lowest BCUT2D eigenvalue weighted by molar-refractivity contribution is -0.125. The van der Waals surface area contributed by atoms with E-state index in [0.717, 1.165) is 31.4 Å². The maximum absolute atomic E-state index is 13.0. The first kappa shape index (κ1) is 22.7. The zero-order valence-corrected chi connectivity index (χ0v) is 19.6. The number of hydrogen-bond acceptors (Lipinski definition) is 7. The van der Waals surface area contributed by atoms with E-state index in [1.54, 1.807) is 17.7 Å². The molecule has 1 atom stereocenters. The highest BCUT2D eigenvalue weighted by atomic mass is 32.2. The summed E-state index contributed by atoms with van der Waals surface area (Å²) in [5, 5.41) is 7.98. The summed E-state index contributed by atoms with van der Waals surface area (Å²) < 4.78 is 31.0. The molecule has 1 saturated heterocycles. The normalized spacial score (nSPS) is 20.1. The number of amides is 1. The predicted octanol–water partition coefficient (Wildman–Crippen LogP) is 2.44. The van der Waals surface area contributed by atoms with Crippen molar-refractivity contribution in [1.29, 1.82) is 0 Å². The summed E-state index contributed by atoms with van der Waals surface area (Å²) in [6, 6.07) is 1.50. The molecule has 2 fully saturated rings. The highest BCUT2D eigenvalue weighted by Gasteiger charge is 2.34. The highest BCUT2D eigenvalue weighted by Crippen LogP contribution is 2.41. The van der Waals surface area contributed by atoms with Crippen molar-refractivity contribution in [2.24, 2.45) is 0 Å². The van der Waals surface area contributed by atoms with Gasteiger partial charge in [-0.1, -0.05) is 13.8 Å². The van der Waals surface area contributed by atoms with Gasteiger partial charge in [0.15, 0.2) is 22.1 Å². The van der Waals surface area contributed by atoms with Gasteiger partial charge < -0.3 is 10.1 Å². The number of fused-ring (bicyclic) bond motifs is 1. The number of nitrogens with zero attached hydrogens (tertiary/aromatic N) is 3. The smallest absolute Gasteiger partial charge is 0.339 e. The molecular formula is C22H30N4O5S. The van der Waals surface area contributed by atoms with E-state index >= 15 is 0 Å². The molecule has 2 aromatic rings. The largest absolute Gasteiger partial charge is 0.452 e. The summed E-state index contributed by atoms with van der Waals surface area (Å²) in [7, 11) is -3.10. The summed E-state index contributed by atoms with van der Waals surface area (Å²) >= 11 is 0. The average molecular weight is 463 g/mol. The molecule has 0 aromatic carbocycles. The van der Waals surface area contributed by atoms with Gasteiger partial charge in [-0.05, 0) is 45.1 Å². The Hall–Kier alpha value is -2.49. The summed E-state index contributed by atoms with van der Waals surface area (Å²) in [5.41, 5.74) is 2.22. The van der Waals surface area contributed by atoms with Crippen LogP contribution in [0.15, 0.2) is 6.07 Å². The Kier molecular flexibility index (Phi) is 6.24. The number of ether oxygens (including phenoxy) is 1. The molecule has 32 heavy (non-hydrogen) atoms. The van der Waals surface area contributed by atoms with E-state index in [0.29, 0.717) is 28.7 Å². The first-order chi connectivity index (χ1) is 15.2. The lowest BCUT2D eigenvalue weighted by Crippen LogP contribution is -2.36. The molecule has 9 nitrogen and oxygen atoms in total. The molecule has 1 N–H and O–H groups in total. The second-order valence-corrected chi connectivity index (χ2v) is 11.0. The molecule has 174 valence electrons. The van der Waals surface area contributed by atoms with Crippen LogP contribution in [0.5, 0.6) is 0 Å². The van der Waals surface area contributed by atoms with Crippen LogP contribution in [-0.2, 0) is 19.4 Å². The standard InChI is InChI=1S/C22H30N4O5S/c1-4-15(5-2)23-19(27)11-31-22(28)17-10-18(14-6-7-14)24-21-20(17)13(3)25-26(21)16-8-9-32(29,30)12-16/h10,14-16H,4-9,11-12H2,1-3H3,(H,23,27). The van der Waals surface area contributed by atoms with Gasteiger partial charge in [-0.2, -0.15) is 5.10 Å². The molecule has 2 aromatic heterocycles. The van der Waals surface area contributed by atoms with E-state index < -0.39 is 15.8 Å². The molecule has 1 amide bonds. The van der Waals surface area contributed by atoms with Crippen LogP contribution in [0, 0.1) is 6.92 Å². The van der Waals surface area contributed by atoms with Gasteiger partial charge in [0.1, 0.15) is 0 Å². The molecule has 2 aliphatic rings. The molecule has 1 saturated carbocycles. The van der Waals surface area contributed by atoms with Crippen molar-refractivity contribution in [3.63, 3.8) is 0 Å². The second-order valence-electron chi connectivity index (χ2n) is 8.81. The maximum atomic E-state index is 13.0. The Balaban J connectivity index is 1.64. The number of carbonyl (C=O) groups is 2. The molecule has 3 heterocycles. The van der Waals surface area contributed by atoms with Crippen molar-refractivity contribution in [2.75, 3.05) is 18.1 Å². The minimum absolute atomic E-state index is 0.0224. The number of esters is 1. The van der Waals surface area contributed by atoms with E-state index in [-0.39, 0.29) is 42.0 Å². The molecule has 10 heteroatoms. The van der Waals surface area contributed by atoms with E-state index in [1.165, 1.54) is 0 Å². The summed E-state index contributed by atoms with van der Waals surface area (Å²) in [4.78, 5) is 30.0. The van der Waals surface area contributed by atoms with Crippen LogP contribution < -0.4 is 5.32 Å². The quantitative estimate of drug-likeness (QED) is 0.598. The molecule has 1 unspecified atom stereocenters. The number of pyridine rings is 1. The fourth-order valence-electron chi connectivity index (χ4n) is 4.28. The number of aromatic nitrogens is 3. The predicted molar refractivity (Wildman–Crippen MR) is 119 cm³/mol. The van der Waals surface area contributed by atoms with Crippen LogP contribution in [0.4, 0.5) is 0 Å². The lowest BCUT2D eigenvalue weighted by Gasteiger charge is -2.15. The number of carbonyl (C=O) groups excluding carboxylic acids is 2. The third kappa shape index (κ3) is 4.65. The van der Waals surface area contributed by atoms with Gasteiger partial charge in [-0.25, -0.2) is 22.9 Å². The van der Waals surface area contributed by atoms with Crippen molar-refractivity contribution in [3.8, 4) is 0 Å². The second kappa shape index (κ2) is 8.80. The van der Waals surface area contributed by atoms with Crippen molar-refractivity contribution in [1.82, 2.24) is 20.1 Å². The third-order valence-corrected chi connectivity index (χ3v) is 8.06. The van der Waals surface area contributed by atoms with Crippen molar-refractivity contribution in [3.05, 3.63) is 23.0 Å². The van der Waals surface area contributed by atoms with Crippen molar-refractivity contribution >= 4 is 32.7 Å². The third-order valence-electron chi connectivity index (χ3n) is 6.31. The van der Waals surface area contributed by atoms with Gasteiger partial charge in [0.2, 0.25) is 0 Å². The number of hydrogen-bond donors (Lipinski definition) is 1. The number of sulfone groups is 1. The lowest BCUT2D eigenvalue weighted by atomic mass is 10.1. The van der Waals surface area contributed by atoms with Crippen LogP contribution in [0.3, 0.4) is 0 Å². The first-order valence-corrected chi connectivity index (χ1v) is 13.1. The van der Waals surface area contributed by atoms with E-state index in [4.69, 9.17) is 9.72 Å². The SMILES string of the molecule is CCC(CC)NC(=O)COC(=O)c1cc(C2CC2)nc2c1c(C)nn2C1CCS(=O)(=O)C1. The Morgan fingerprint density at radius 1 is 1.25 bits per heavy atom. The van der Waals surface area contributed by atoms with E-state index in [9.17, 15) is 18.0 Å². The summed E-state index contributed by atoms with van der Waals surface area (Å²) in [6.07, 6.45) is 4.08. The summed E-state index contributed by atoms with van der Waals surface area (Å²) in [5.74, 6) is -0.501. The molecule has 4 rings (SSSR count). The fraction of sp³-hybridized carbons (Fsp3) is 0.636. The van der Waals surface area contributed by atoms with Gasteiger partial charge >= 0.3 is 5.97 Å². The average Bonchev–Trinajstić information content (AvgIpc) is 3.48. The number of aryl methyl sites for hydroxylation is 1. The Labute approximate surface area is 187 Å². The molecular weight excluding hydrogens is 432 g/mol. The minimum atomic E-state index is -3.10. The van der Waals surface area contributed by atoms with E-state index in [2.05, 4.69) is 10.4 Å². The van der Waals surface area contributed by atoms with Crippen molar-refractivity contribution < 1.29 is 22.7 Å². The van der Waals surface area contributed by atoms with Crippen LogP contribution >= 0.6 is 0 Å². The molecule has 0 bridgehead atoms. The van der Waals surface area contributed by atoms with Gasteiger partial charge in [-0.3, -0.25) is 4.79 Å². The first-order valence-electron chi connectivity index (χ1n) is 11.3. The minimum Gasteiger partial charge on any atom is -0.452 e. The molecule has 1 aliphatic carbocycles. The Morgan fingerprint density at radius 3 is 2.56 bits per heavy atom. The van der Waals surface area contributed by atoms with Gasteiger partial charge in [0.25, 0.3) is 5.91 Å². The van der Waals surface area contributed by atoms with Crippen LogP contribution in [0.25, 0.3) is 11.0 Å². The topological polar surface area (TPSA) is 120 Å². The zero-order valence-electron chi connectivity index (χ0n) is 18.8. The monoisotopic (exact) mass is 462 g/mol. The van der Waals surface area contributed by atoms with Gasteiger partial charge in [0, 0.05) is 17.7 Å². The highest BCUT2D eigenvalue weighted by molar-refractivity contribution is 7.91. The number of nitrogens with one attached hydrogen (secondary N) is 1. The van der Waals surface area contributed by atoms with Gasteiger partial charge in [0.05, 0.1) is 34.2 Å². The van der Waals surface area contributed by atoms with Crippen LogP contribution in [-0.4, -0.2) is 59.2 Å². The molecule has 0 radical (unpaired) electrons. The van der Waals surface area contributed by atoms with Gasteiger partial charge in [-0.15, -0.1) is 0 Å². The van der Waals surface area contributed by atoms with E-state index in [1.807, 2.05) is 13.8 Å². The maximum Gasteiger partial charge on any atom is 0.339 e. The molecule has 0 spiro atoms. The summed E-state index contributed by atoms with van der Waals surface area (Å²) in [6.45, 7) is 5.40. The number of rotatable bonds is 8. The zero-order chi connectivity index (χ0) is 23.0.